The molecule has 1 unspecified atom stereocenters. The molecular formula is C25H31N3O6S. The molecule has 9 nitrogen and oxygen atoms in total. The van der Waals surface area contributed by atoms with Crippen molar-refractivity contribution in [2.75, 3.05) is 47.6 Å². The van der Waals surface area contributed by atoms with Crippen LogP contribution in [0.25, 0.3) is 0 Å². The number of benzene rings is 1. The van der Waals surface area contributed by atoms with Crippen molar-refractivity contribution >= 4 is 28.8 Å². The van der Waals surface area contributed by atoms with Gasteiger partial charge in [-0.1, -0.05) is 11.8 Å². The smallest absolute Gasteiger partial charge is 0.338 e. The number of amidine groups is 1. The van der Waals surface area contributed by atoms with Crippen LogP contribution in [0.15, 0.2) is 45.6 Å². The molecule has 1 fully saturated rings. The number of hydrogen-bond donors (Lipinski definition) is 0. The molecule has 1 amide bonds. The first-order valence-corrected chi connectivity index (χ1v) is 12.5. The number of carbonyl (C=O) groups excluding carboxylic acids is 2. The van der Waals surface area contributed by atoms with E-state index in [0.717, 1.165) is 37.2 Å². The summed E-state index contributed by atoms with van der Waals surface area (Å²) in [6.45, 7) is 3.77. The van der Waals surface area contributed by atoms with E-state index in [2.05, 4.69) is 0 Å². The largest absolute Gasteiger partial charge is 0.497 e. The van der Waals surface area contributed by atoms with Crippen molar-refractivity contribution in [2.24, 2.45) is 4.99 Å². The number of methoxy groups -OCH3 is 3. The van der Waals surface area contributed by atoms with E-state index in [0.29, 0.717) is 27.9 Å². The third-order valence-electron chi connectivity index (χ3n) is 6.26. The predicted molar refractivity (Wildman–Crippen MR) is 133 cm³/mol. The molecule has 188 valence electrons. The molecule has 3 aliphatic rings. The zero-order chi connectivity index (χ0) is 24.9. The van der Waals surface area contributed by atoms with Crippen LogP contribution in [0.2, 0.25) is 0 Å². The lowest BCUT2D eigenvalue weighted by atomic mass is 9.92. The van der Waals surface area contributed by atoms with Gasteiger partial charge in [-0.2, -0.15) is 0 Å². The van der Waals surface area contributed by atoms with E-state index in [1.807, 2.05) is 27.3 Å². The van der Waals surface area contributed by atoms with Crippen molar-refractivity contribution in [3.05, 3.63) is 46.1 Å². The average molecular weight is 502 g/mol. The number of aliphatic imine (C=N–C) groups is 1. The standard InChI is InChI=1S/C25H31N3O6S/c1-16-22(24(30)34-12-11-31-2)23(19-14-18(32-3)7-8-20(19)33-4)28-17(15-35-25(28)26-16)13-21(29)27-9-5-6-10-27/h7-8,14-15,23H,5-6,9-13H2,1-4H3. The van der Waals surface area contributed by atoms with Gasteiger partial charge in [0.05, 0.1) is 44.6 Å². The van der Waals surface area contributed by atoms with E-state index in [1.54, 1.807) is 34.3 Å². The summed E-state index contributed by atoms with van der Waals surface area (Å²) >= 11 is 1.44. The number of nitrogens with zero attached hydrogens (tertiary/aromatic N) is 3. The highest BCUT2D eigenvalue weighted by atomic mass is 32.2. The molecule has 0 radical (unpaired) electrons. The summed E-state index contributed by atoms with van der Waals surface area (Å²) in [4.78, 5) is 34.9. The van der Waals surface area contributed by atoms with E-state index in [9.17, 15) is 9.59 Å². The first kappa shape index (κ1) is 25.1. The van der Waals surface area contributed by atoms with Crippen molar-refractivity contribution < 1.29 is 28.5 Å². The van der Waals surface area contributed by atoms with Gasteiger partial charge in [-0.05, 0) is 43.4 Å². The highest BCUT2D eigenvalue weighted by Gasteiger charge is 2.42. The molecule has 0 bridgehead atoms. The number of esters is 1. The topological polar surface area (TPSA) is 89.9 Å². The first-order valence-electron chi connectivity index (χ1n) is 11.6. The molecular weight excluding hydrogens is 470 g/mol. The Morgan fingerprint density at radius 3 is 2.57 bits per heavy atom. The summed E-state index contributed by atoms with van der Waals surface area (Å²) in [7, 11) is 4.73. The number of fused-ring (bicyclic) bond motifs is 1. The number of likely N-dealkylation sites (tertiary alicyclic amines) is 1. The van der Waals surface area contributed by atoms with Crippen LogP contribution >= 0.6 is 11.8 Å². The third kappa shape index (κ3) is 5.18. The molecule has 4 rings (SSSR count). The Hall–Kier alpha value is -2.98. The summed E-state index contributed by atoms with van der Waals surface area (Å²) in [5.41, 5.74) is 2.45. The fourth-order valence-electron chi connectivity index (χ4n) is 4.51. The fourth-order valence-corrected chi connectivity index (χ4v) is 5.47. The highest BCUT2D eigenvalue weighted by molar-refractivity contribution is 8.16. The van der Waals surface area contributed by atoms with E-state index in [1.165, 1.54) is 11.8 Å². The quantitative estimate of drug-likeness (QED) is 0.375. The van der Waals surface area contributed by atoms with Crippen molar-refractivity contribution in [1.29, 1.82) is 0 Å². The van der Waals surface area contributed by atoms with E-state index >= 15 is 0 Å². The van der Waals surface area contributed by atoms with E-state index in [-0.39, 0.29) is 25.5 Å². The van der Waals surface area contributed by atoms with Crippen molar-refractivity contribution in [3.8, 4) is 11.5 Å². The maximum Gasteiger partial charge on any atom is 0.338 e. The lowest BCUT2D eigenvalue weighted by molar-refractivity contribution is -0.141. The maximum atomic E-state index is 13.3. The molecule has 0 aromatic heterocycles. The van der Waals surface area contributed by atoms with Gasteiger partial charge in [-0.3, -0.25) is 4.79 Å². The van der Waals surface area contributed by atoms with Gasteiger partial charge in [0, 0.05) is 31.5 Å². The van der Waals surface area contributed by atoms with E-state index < -0.39 is 12.0 Å². The van der Waals surface area contributed by atoms with Crippen LogP contribution in [-0.2, 0) is 19.1 Å². The molecule has 35 heavy (non-hydrogen) atoms. The Balaban J connectivity index is 1.76. The summed E-state index contributed by atoms with van der Waals surface area (Å²) < 4.78 is 21.7. The van der Waals surface area contributed by atoms with Crippen LogP contribution in [-0.4, -0.2) is 74.5 Å². The van der Waals surface area contributed by atoms with Gasteiger partial charge in [-0.15, -0.1) is 0 Å². The van der Waals surface area contributed by atoms with Crippen LogP contribution in [0.5, 0.6) is 11.5 Å². The molecule has 0 aliphatic carbocycles. The molecule has 0 N–H and O–H groups in total. The molecule has 3 aliphatic heterocycles. The highest BCUT2D eigenvalue weighted by Crippen LogP contribution is 2.47. The van der Waals surface area contributed by atoms with Crippen LogP contribution in [0.3, 0.4) is 0 Å². The Kier molecular flexibility index (Phi) is 8.02. The van der Waals surface area contributed by atoms with Crippen LogP contribution in [0.1, 0.15) is 37.8 Å². The second-order valence-corrected chi connectivity index (χ2v) is 9.23. The maximum absolute atomic E-state index is 13.3. The van der Waals surface area contributed by atoms with Gasteiger partial charge >= 0.3 is 5.97 Å². The zero-order valence-corrected chi connectivity index (χ0v) is 21.4. The normalized spacial score (nSPS) is 19.4. The summed E-state index contributed by atoms with van der Waals surface area (Å²) in [5.74, 6) is 0.802. The third-order valence-corrected chi connectivity index (χ3v) is 7.15. The molecule has 3 heterocycles. The molecule has 0 saturated carbocycles. The Bertz CT molecular complexity index is 1080. The molecule has 10 heteroatoms. The molecule has 1 saturated heterocycles. The number of amides is 1. The molecule has 0 spiro atoms. The number of hydrogen-bond acceptors (Lipinski definition) is 9. The second kappa shape index (κ2) is 11.2. The number of allylic oxidation sites excluding steroid dienone is 1. The van der Waals surface area contributed by atoms with Gasteiger partial charge < -0.3 is 28.7 Å². The molecule has 1 aromatic carbocycles. The Morgan fingerprint density at radius 1 is 1.11 bits per heavy atom. The molecule has 1 aromatic rings. The van der Waals surface area contributed by atoms with Crippen molar-refractivity contribution in [1.82, 2.24) is 9.80 Å². The zero-order valence-electron chi connectivity index (χ0n) is 20.5. The first-order chi connectivity index (χ1) is 17.0. The SMILES string of the molecule is COCCOC(=O)C1=C(C)N=C2SC=C(CC(=O)N3CCCC3)N2C1c1cc(OC)ccc1OC. The summed E-state index contributed by atoms with van der Waals surface area (Å²) in [5, 5.41) is 2.65. The van der Waals surface area contributed by atoms with Gasteiger partial charge in [0.25, 0.3) is 0 Å². The van der Waals surface area contributed by atoms with Gasteiger partial charge in [-0.25, -0.2) is 9.79 Å². The van der Waals surface area contributed by atoms with Gasteiger partial charge in [0.1, 0.15) is 18.1 Å². The average Bonchev–Trinajstić information content (AvgIpc) is 3.53. The van der Waals surface area contributed by atoms with Gasteiger partial charge in [0.15, 0.2) is 5.17 Å². The van der Waals surface area contributed by atoms with E-state index in [4.69, 9.17) is 23.9 Å². The Morgan fingerprint density at radius 2 is 1.89 bits per heavy atom. The summed E-state index contributed by atoms with van der Waals surface area (Å²) in [6.07, 6.45) is 2.28. The number of thioether (sulfide) groups is 1. The second-order valence-electron chi connectivity index (χ2n) is 8.39. The minimum Gasteiger partial charge on any atom is -0.497 e. The molecule has 1 atom stereocenters. The van der Waals surface area contributed by atoms with Crippen LogP contribution < -0.4 is 9.47 Å². The lowest BCUT2D eigenvalue weighted by Crippen LogP contribution is -2.38. The van der Waals surface area contributed by atoms with Crippen molar-refractivity contribution in [2.45, 2.75) is 32.2 Å². The minimum atomic E-state index is -0.602. The fraction of sp³-hybridized carbons (Fsp3) is 0.480. The lowest BCUT2D eigenvalue weighted by Gasteiger charge is -2.37. The summed E-state index contributed by atoms with van der Waals surface area (Å²) in [6, 6.07) is 4.87. The number of rotatable bonds is 9. The monoisotopic (exact) mass is 501 g/mol. The van der Waals surface area contributed by atoms with Gasteiger partial charge in [0.2, 0.25) is 5.91 Å². The van der Waals surface area contributed by atoms with Crippen LogP contribution in [0.4, 0.5) is 0 Å². The Labute approximate surface area is 209 Å². The number of ether oxygens (including phenoxy) is 4. The van der Waals surface area contributed by atoms with Crippen molar-refractivity contribution in [3.63, 3.8) is 0 Å². The van der Waals surface area contributed by atoms with Crippen LogP contribution in [0, 0.1) is 0 Å². The number of carbonyl (C=O) groups is 2. The predicted octanol–water partition coefficient (Wildman–Crippen LogP) is 3.48. The minimum absolute atomic E-state index is 0.0717.